The maximum atomic E-state index is 4.79. The van der Waals surface area contributed by atoms with Gasteiger partial charge in [-0.15, -0.1) is 11.3 Å². The molecule has 0 saturated carbocycles. The molecule has 0 unspecified atom stereocenters. The van der Waals surface area contributed by atoms with Crippen LogP contribution >= 0.6 is 11.3 Å². The highest BCUT2D eigenvalue weighted by atomic mass is 32.1. The van der Waals surface area contributed by atoms with E-state index in [1.807, 2.05) is 23.7 Å². The summed E-state index contributed by atoms with van der Waals surface area (Å²) in [6.07, 6.45) is 3.91. The summed E-state index contributed by atoms with van der Waals surface area (Å²) in [6.45, 7) is 13.2. The lowest BCUT2D eigenvalue weighted by molar-refractivity contribution is 0.572. The minimum Gasteiger partial charge on any atom is -0.258 e. The largest absolute Gasteiger partial charge is 0.258 e. The third kappa shape index (κ3) is 1.88. The van der Waals surface area contributed by atoms with Crippen LogP contribution in [0.5, 0.6) is 0 Å². The summed E-state index contributed by atoms with van der Waals surface area (Å²) < 4.78 is 3.46. The summed E-state index contributed by atoms with van der Waals surface area (Å²) in [7, 11) is 0. The van der Waals surface area contributed by atoms with Crippen LogP contribution in [0, 0.1) is 20.8 Å². The maximum absolute atomic E-state index is 4.79. The maximum Gasteiger partial charge on any atom is 0.0963 e. The Morgan fingerprint density at radius 1 is 1.09 bits per heavy atom. The molecule has 0 aliphatic heterocycles. The third-order valence-electron chi connectivity index (χ3n) is 4.68. The molecule has 0 amide bonds. The summed E-state index contributed by atoms with van der Waals surface area (Å²) >= 11 is 1.89. The fraction of sp³-hybridized carbons (Fsp3) is 0.368. The summed E-state index contributed by atoms with van der Waals surface area (Å²) in [5.74, 6) is 0. The first-order valence-electron chi connectivity index (χ1n) is 7.96. The first kappa shape index (κ1) is 14.6. The number of pyridine rings is 2. The average Bonchev–Trinajstić information content (AvgIpc) is 3.03. The molecule has 0 spiro atoms. The Hall–Kier alpha value is -1.94. The highest BCUT2D eigenvalue weighted by Gasteiger charge is 2.24. The first-order valence-corrected chi connectivity index (χ1v) is 8.77. The van der Waals surface area contributed by atoms with Crippen molar-refractivity contribution in [3.63, 3.8) is 0 Å². The van der Waals surface area contributed by atoms with Gasteiger partial charge in [-0.05, 0) is 38.0 Å². The fourth-order valence-corrected chi connectivity index (χ4v) is 4.70. The molecule has 4 aromatic heterocycles. The quantitative estimate of drug-likeness (QED) is 0.438. The van der Waals surface area contributed by atoms with Crippen molar-refractivity contribution in [2.75, 3.05) is 0 Å². The van der Waals surface area contributed by atoms with E-state index < -0.39 is 0 Å². The van der Waals surface area contributed by atoms with Gasteiger partial charge in [0.15, 0.2) is 0 Å². The zero-order valence-electron chi connectivity index (χ0n) is 14.5. The summed E-state index contributed by atoms with van der Waals surface area (Å²) in [5, 5.41) is 7.29. The fourth-order valence-electron chi connectivity index (χ4n) is 3.42. The number of thiophene rings is 1. The molecule has 0 atom stereocenters. The van der Waals surface area contributed by atoms with E-state index in [2.05, 4.69) is 57.2 Å². The molecule has 118 valence electrons. The normalized spacial score (nSPS) is 12.8. The van der Waals surface area contributed by atoms with Crippen molar-refractivity contribution in [1.82, 2.24) is 14.6 Å². The second kappa shape index (κ2) is 4.54. The minimum atomic E-state index is -0.0279. The lowest BCUT2D eigenvalue weighted by Gasteiger charge is -2.21. The van der Waals surface area contributed by atoms with Crippen molar-refractivity contribution >= 4 is 37.8 Å². The Bertz CT molecular complexity index is 1080. The minimum absolute atomic E-state index is 0.0279. The number of rotatable bonds is 0. The Balaban J connectivity index is 2.42. The molecule has 4 rings (SSSR count). The van der Waals surface area contributed by atoms with Crippen LogP contribution in [0.2, 0.25) is 0 Å². The van der Waals surface area contributed by atoms with Crippen LogP contribution in [0.15, 0.2) is 18.5 Å². The van der Waals surface area contributed by atoms with E-state index in [4.69, 9.17) is 4.98 Å². The van der Waals surface area contributed by atoms with Crippen molar-refractivity contribution in [2.24, 2.45) is 0 Å². The predicted octanol–water partition coefficient (Wildman–Crippen LogP) is 5.32. The van der Waals surface area contributed by atoms with E-state index in [9.17, 15) is 0 Å². The van der Waals surface area contributed by atoms with Crippen molar-refractivity contribution in [1.29, 1.82) is 0 Å². The van der Waals surface area contributed by atoms with E-state index in [0.717, 1.165) is 11.2 Å². The van der Waals surface area contributed by atoms with E-state index in [-0.39, 0.29) is 5.41 Å². The zero-order chi connectivity index (χ0) is 16.5. The first-order chi connectivity index (χ1) is 10.8. The Morgan fingerprint density at radius 3 is 2.52 bits per heavy atom. The van der Waals surface area contributed by atoms with Crippen molar-refractivity contribution in [3.05, 3.63) is 40.2 Å². The molecule has 4 heteroatoms. The van der Waals surface area contributed by atoms with Gasteiger partial charge in [0.2, 0.25) is 0 Å². The molecule has 3 nitrogen and oxygen atoms in total. The van der Waals surface area contributed by atoms with Crippen LogP contribution in [0.1, 0.15) is 42.5 Å². The molecule has 0 fully saturated rings. The van der Waals surface area contributed by atoms with Crippen LogP contribution in [0.25, 0.3) is 26.5 Å². The highest BCUT2D eigenvalue weighted by Crippen LogP contribution is 2.41. The van der Waals surface area contributed by atoms with Crippen LogP contribution in [0.4, 0.5) is 0 Å². The standard InChI is InChI=1S/C19H21N3S/c1-10-9-20-18(19(4,5)6)16-14(10)17-15(11(2)12(3)23-17)13-7-8-21-22(13)16/h7-9H,1-6H3. The van der Waals surface area contributed by atoms with Gasteiger partial charge in [-0.25, -0.2) is 4.52 Å². The van der Waals surface area contributed by atoms with Crippen LogP contribution < -0.4 is 0 Å². The molecule has 0 aromatic carbocycles. The Kier molecular flexibility index (Phi) is 2.89. The summed E-state index contributed by atoms with van der Waals surface area (Å²) in [6, 6.07) is 2.12. The van der Waals surface area contributed by atoms with Crippen LogP contribution in [-0.4, -0.2) is 14.6 Å². The van der Waals surface area contributed by atoms with E-state index in [1.165, 1.54) is 37.0 Å². The molecule has 23 heavy (non-hydrogen) atoms. The second-order valence-electron chi connectivity index (χ2n) is 7.38. The average molecular weight is 323 g/mol. The lowest BCUT2D eigenvalue weighted by Crippen LogP contribution is -2.16. The van der Waals surface area contributed by atoms with Gasteiger partial charge in [0, 0.05) is 32.0 Å². The lowest BCUT2D eigenvalue weighted by atomic mass is 9.89. The van der Waals surface area contributed by atoms with E-state index in [0.29, 0.717) is 0 Å². The van der Waals surface area contributed by atoms with Gasteiger partial charge >= 0.3 is 0 Å². The topological polar surface area (TPSA) is 30.2 Å². The third-order valence-corrected chi connectivity index (χ3v) is 5.90. The smallest absolute Gasteiger partial charge is 0.0963 e. The number of aryl methyl sites for hydroxylation is 3. The van der Waals surface area contributed by atoms with Crippen molar-refractivity contribution < 1.29 is 0 Å². The van der Waals surface area contributed by atoms with Gasteiger partial charge in [-0.2, -0.15) is 5.10 Å². The zero-order valence-corrected chi connectivity index (χ0v) is 15.3. The van der Waals surface area contributed by atoms with E-state index >= 15 is 0 Å². The van der Waals surface area contributed by atoms with Crippen LogP contribution in [0.3, 0.4) is 0 Å². The molecule has 0 radical (unpaired) electrons. The molecule has 0 aliphatic carbocycles. The summed E-state index contributed by atoms with van der Waals surface area (Å²) in [5.41, 5.74) is 6.01. The Morgan fingerprint density at radius 2 is 1.83 bits per heavy atom. The molecule has 0 N–H and O–H groups in total. The molecule has 4 heterocycles. The highest BCUT2D eigenvalue weighted by molar-refractivity contribution is 7.20. The van der Waals surface area contributed by atoms with E-state index in [1.54, 1.807) is 0 Å². The second-order valence-corrected chi connectivity index (χ2v) is 8.60. The SMILES string of the molecule is Cc1sc2c(c1C)c1ccnn1c1c(C(C)(C)C)ncc(C)c21. The predicted molar refractivity (Wildman–Crippen MR) is 98.8 cm³/mol. The van der Waals surface area contributed by atoms with Gasteiger partial charge in [0.25, 0.3) is 0 Å². The van der Waals surface area contributed by atoms with Gasteiger partial charge < -0.3 is 0 Å². The number of nitrogens with zero attached hydrogens (tertiary/aromatic N) is 3. The number of fused-ring (bicyclic) bond motifs is 6. The monoisotopic (exact) mass is 323 g/mol. The van der Waals surface area contributed by atoms with Crippen molar-refractivity contribution in [2.45, 2.75) is 47.0 Å². The number of hydrogen-bond acceptors (Lipinski definition) is 3. The molecule has 0 saturated heterocycles. The molecular formula is C19H21N3S. The molecule has 0 bridgehead atoms. The Labute approximate surface area is 140 Å². The number of aromatic nitrogens is 3. The molecular weight excluding hydrogens is 302 g/mol. The number of hydrogen-bond donors (Lipinski definition) is 0. The van der Waals surface area contributed by atoms with Gasteiger partial charge in [-0.3, -0.25) is 4.98 Å². The van der Waals surface area contributed by atoms with Crippen molar-refractivity contribution in [3.8, 4) is 0 Å². The van der Waals surface area contributed by atoms with Crippen LogP contribution in [-0.2, 0) is 5.41 Å². The van der Waals surface area contributed by atoms with Gasteiger partial charge in [0.05, 0.1) is 22.9 Å². The van der Waals surface area contributed by atoms with Gasteiger partial charge in [0.1, 0.15) is 0 Å². The van der Waals surface area contributed by atoms with Gasteiger partial charge in [-0.1, -0.05) is 20.8 Å². The molecule has 0 aliphatic rings. The summed E-state index contributed by atoms with van der Waals surface area (Å²) in [4.78, 5) is 6.17. The molecule has 4 aromatic rings.